The molecule has 1 aliphatic heterocycles. The number of nitrogens with one attached hydrogen (secondary N) is 2. The zero-order valence-corrected chi connectivity index (χ0v) is 15.4. The third-order valence-electron chi connectivity index (χ3n) is 5.25. The summed E-state index contributed by atoms with van der Waals surface area (Å²) in [6, 6.07) is 8.17. The summed E-state index contributed by atoms with van der Waals surface area (Å²) in [7, 11) is 1.87. The Kier molecular flexibility index (Phi) is 5.53. The lowest BCUT2D eigenvalue weighted by atomic mass is 9.91. The zero-order valence-electron chi connectivity index (χ0n) is 15.4. The van der Waals surface area contributed by atoms with Crippen molar-refractivity contribution in [3.05, 3.63) is 52.3 Å². The number of nitrogens with zero attached hydrogens (tertiary/aromatic N) is 2. The molecule has 2 aromatic rings. The van der Waals surface area contributed by atoms with Gasteiger partial charge in [0.25, 0.3) is 5.91 Å². The predicted molar refractivity (Wildman–Crippen MR) is 100 cm³/mol. The van der Waals surface area contributed by atoms with E-state index in [9.17, 15) is 4.79 Å². The van der Waals surface area contributed by atoms with Crippen LogP contribution in [0.2, 0.25) is 0 Å². The lowest BCUT2D eigenvalue weighted by molar-refractivity contribution is 0.0796. The second-order valence-electron chi connectivity index (χ2n) is 7.05. The Morgan fingerprint density at radius 3 is 2.64 bits per heavy atom. The minimum absolute atomic E-state index is 0.0760. The lowest BCUT2D eigenvalue weighted by Gasteiger charge is -2.23. The normalized spacial score (nSPS) is 17.5. The van der Waals surface area contributed by atoms with E-state index < -0.39 is 0 Å². The number of H-pyrrole nitrogens is 1. The van der Waals surface area contributed by atoms with Crippen molar-refractivity contribution in [1.29, 1.82) is 0 Å². The predicted octanol–water partition coefficient (Wildman–Crippen LogP) is 2.81. The molecule has 5 heteroatoms. The molecule has 1 atom stereocenters. The van der Waals surface area contributed by atoms with E-state index in [2.05, 4.69) is 27.6 Å². The number of amides is 1. The lowest BCUT2D eigenvalue weighted by Crippen LogP contribution is -2.29. The summed E-state index contributed by atoms with van der Waals surface area (Å²) in [4.78, 5) is 14.4. The minimum Gasteiger partial charge on any atom is -0.341 e. The van der Waals surface area contributed by atoms with Gasteiger partial charge in [0.2, 0.25) is 0 Å². The third-order valence-corrected chi connectivity index (χ3v) is 5.25. The SMILES string of the molecule is Cc1n[nH]c(C)c1CCN(C)C(=O)c1ccc(C2CCCNC2)cc1. The van der Waals surface area contributed by atoms with Gasteiger partial charge in [0.15, 0.2) is 0 Å². The van der Waals surface area contributed by atoms with Gasteiger partial charge in [0.1, 0.15) is 0 Å². The molecule has 0 bridgehead atoms. The van der Waals surface area contributed by atoms with E-state index >= 15 is 0 Å². The molecule has 1 aliphatic rings. The third kappa shape index (κ3) is 4.10. The standard InChI is InChI=1S/C20H28N4O/c1-14-19(15(2)23-22-14)10-12-24(3)20(25)17-8-6-16(7-9-17)18-5-4-11-21-13-18/h6-9,18,21H,4-5,10-13H2,1-3H3,(H,22,23). The van der Waals surface area contributed by atoms with E-state index in [1.54, 1.807) is 4.90 Å². The summed E-state index contributed by atoms with van der Waals surface area (Å²) in [5.74, 6) is 0.648. The average Bonchev–Trinajstić information content (AvgIpc) is 2.98. The van der Waals surface area contributed by atoms with Crippen LogP contribution in [0.4, 0.5) is 0 Å². The van der Waals surface area contributed by atoms with Crippen LogP contribution < -0.4 is 5.32 Å². The highest BCUT2D eigenvalue weighted by Crippen LogP contribution is 2.23. The Morgan fingerprint density at radius 2 is 2.04 bits per heavy atom. The van der Waals surface area contributed by atoms with Gasteiger partial charge in [0.05, 0.1) is 5.69 Å². The first-order valence-electron chi connectivity index (χ1n) is 9.13. The number of aryl methyl sites for hydroxylation is 2. The van der Waals surface area contributed by atoms with Gasteiger partial charge < -0.3 is 10.2 Å². The molecule has 0 radical (unpaired) electrons. The number of carbonyl (C=O) groups is 1. The fraction of sp³-hybridized carbons (Fsp3) is 0.500. The van der Waals surface area contributed by atoms with Gasteiger partial charge in [-0.15, -0.1) is 0 Å². The fourth-order valence-corrected chi connectivity index (χ4v) is 3.58. The number of likely N-dealkylation sites (N-methyl/N-ethyl adjacent to an activating group) is 1. The van der Waals surface area contributed by atoms with Gasteiger partial charge >= 0.3 is 0 Å². The van der Waals surface area contributed by atoms with E-state index in [1.807, 2.05) is 33.0 Å². The largest absolute Gasteiger partial charge is 0.341 e. The molecule has 134 valence electrons. The van der Waals surface area contributed by atoms with Crippen molar-refractivity contribution in [2.45, 2.75) is 39.0 Å². The number of hydrogen-bond donors (Lipinski definition) is 2. The van der Waals surface area contributed by atoms with Crippen molar-refractivity contribution in [1.82, 2.24) is 20.4 Å². The second-order valence-corrected chi connectivity index (χ2v) is 7.05. The molecule has 0 spiro atoms. The van der Waals surface area contributed by atoms with Gasteiger partial charge in [-0.1, -0.05) is 12.1 Å². The van der Waals surface area contributed by atoms with Crippen LogP contribution in [-0.2, 0) is 6.42 Å². The maximum absolute atomic E-state index is 12.7. The van der Waals surface area contributed by atoms with Crippen LogP contribution in [0.25, 0.3) is 0 Å². The van der Waals surface area contributed by atoms with Crippen molar-refractivity contribution in [3.63, 3.8) is 0 Å². The van der Waals surface area contributed by atoms with Gasteiger partial charge in [-0.25, -0.2) is 0 Å². The molecular weight excluding hydrogens is 312 g/mol. The van der Waals surface area contributed by atoms with Crippen LogP contribution in [0.5, 0.6) is 0 Å². The van der Waals surface area contributed by atoms with Gasteiger partial charge in [-0.05, 0) is 68.8 Å². The Hall–Kier alpha value is -2.14. The van der Waals surface area contributed by atoms with E-state index in [1.165, 1.54) is 24.0 Å². The number of hydrogen-bond acceptors (Lipinski definition) is 3. The zero-order chi connectivity index (χ0) is 17.8. The first-order chi connectivity index (χ1) is 12.1. The Labute approximate surface area is 149 Å². The summed E-state index contributed by atoms with van der Waals surface area (Å²) < 4.78 is 0. The molecule has 5 nitrogen and oxygen atoms in total. The summed E-state index contributed by atoms with van der Waals surface area (Å²) in [6.07, 6.45) is 3.27. The summed E-state index contributed by atoms with van der Waals surface area (Å²) >= 11 is 0. The number of aromatic amines is 1. The van der Waals surface area contributed by atoms with E-state index in [4.69, 9.17) is 0 Å². The summed E-state index contributed by atoms with van der Waals surface area (Å²) in [5, 5.41) is 10.7. The quantitative estimate of drug-likeness (QED) is 0.880. The first-order valence-corrected chi connectivity index (χ1v) is 9.13. The molecule has 0 aliphatic carbocycles. The summed E-state index contributed by atoms with van der Waals surface area (Å²) in [5.41, 5.74) is 5.40. The second kappa shape index (κ2) is 7.83. The van der Waals surface area contributed by atoms with Crippen molar-refractivity contribution in [2.24, 2.45) is 0 Å². The molecule has 1 amide bonds. The molecule has 25 heavy (non-hydrogen) atoms. The molecule has 3 rings (SSSR count). The fourth-order valence-electron chi connectivity index (χ4n) is 3.58. The Balaban J connectivity index is 1.60. The van der Waals surface area contributed by atoms with Gasteiger partial charge in [-0.2, -0.15) is 5.10 Å². The van der Waals surface area contributed by atoms with Crippen LogP contribution in [-0.4, -0.2) is 47.7 Å². The minimum atomic E-state index is 0.0760. The van der Waals surface area contributed by atoms with Crippen molar-refractivity contribution >= 4 is 5.91 Å². The first kappa shape index (κ1) is 17.7. The van der Waals surface area contributed by atoms with Gasteiger partial charge in [-0.3, -0.25) is 9.89 Å². The number of piperidine rings is 1. The van der Waals surface area contributed by atoms with Crippen LogP contribution in [0.3, 0.4) is 0 Å². The molecule has 1 aromatic heterocycles. The van der Waals surface area contributed by atoms with E-state index in [0.29, 0.717) is 12.5 Å². The topological polar surface area (TPSA) is 61.0 Å². The average molecular weight is 340 g/mol. The van der Waals surface area contributed by atoms with Crippen LogP contribution in [0, 0.1) is 13.8 Å². The molecule has 2 N–H and O–H groups in total. The molecule has 1 unspecified atom stereocenters. The molecular formula is C20H28N4O. The molecule has 2 heterocycles. The molecule has 1 aromatic carbocycles. The van der Waals surface area contributed by atoms with Crippen LogP contribution in [0.15, 0.2) is 24.3 Å². The summed E-state index contributed by atoms with van der Waals surface area (Å²) in [6.45, 7) is 6.87. The Bertz CT molecular complexity index is 694. The maximum atomic E-state index is 12.7. The van der Waals surface area contributed by atoms with Crippen LogP contribution >= 0.6 is 0 Å². The maximum Gasteiger partial charge on any atom is 0.253 e. The highest BCUT2D eigenvalue weighted by Gasteiger charge is 2.17. The van der Waals surface area contributed by atoms with Crippen LogP contribution in [0.1, 0.15) is 51.6 Å². The smallest absolute Gasteiger partial charge is 0.253 e. The van der Waals surface area contributed by atoms with Crippen molar-refractivity contribution in [2.75, 3.05) is 26.7 Å². The molecule has 1 fully saturated rings. The highest BCUT2D eigenvalue weighted by atomic mass is 16.2. The van der Waals surface area contributed by atoms with Crippen molar-refractivity contribution < 1.29 is 4.79 Å². The van der Waals surface area contributed by atoms with E-state index in [0.717, 1.165) is 36.5 Å². The number of benzene rings is 1. The molecule has 1 saturated heterocycles. The van der Waals surface area contributed by atoms with Gasteiger partial charge in [0, 0.05) is 31.4 Å². The Morgan fingerprint density at radius 1 is 1.28 bits per heavy atom. The molecule has 0 saturated carbocycles. The monoisotopic (exact) mass is 340 g/mol. The number of rotatable bonds is 5. The number of carbonyl (C=O) groups excluding carboxylic acids is 1. The number of aromatic nitrogens is 2. The van der Waals surface area contributed by atoms with Crippen molar-refractivity contribution in [3.8, 4) is 0 Å². The van der Waals surface area contributed by atoms with E-state index in [-0.39, 0.29) is 5.91 Å². The highest BCUT2D eigenvalue weighted by molar-refractivity contribution is 5.94.